The van der Waals surface area contributed by atoms with E-state index in [2.05, 4.69) is 0 Å². The van der Waals surface area contributed by atoms with Crippen LogP contribution in [-0.4, -0.2) is 36.6 Å². The number of epoxide rings is 1. The molecular weight excluding hydrogens is 118 g/mol. The fraction of sp³-hybridized carbons (Fsp3) is 0.833. The van der Waals surface area contributed by atoms with Gasteiger partial charge in [-0.2, -0.15) is 0 Å². The van der Waals surface area contributed by atoms with E-state index in [1.165, 1.54) is 0 Å². The lowest BCUT2D eigenvalue weighted by atomic mass is 10.1. The third-order valence-corrected chi connectivity index (χ3v) is 1.95. The molecule has 0 radical (unpaired) electrons. The van der Waals surface area contributed by atoms with E-state index >= 15 is 0 Å². The van der Waals surface area contributed by atoms with Gasteiger partial charge in [0.05, 0.1) is 6.10 Å². The monoisotopic (exact) mass is 127 g/mol. The molecule has 0 aromatic carbocycles. The van der Waals surface area contributed by atoms with Gasteiger partial charge in [0.1, 0.15) is 6.10 Å². The molecule has 0 aromatic heterocycles. The molecule has 0 N–H and O–H groups in total. The van der Waals surface area contributed by atoms with E-state index in [0.29, 0.717) is 12.2 Å². The van der Waals surface area contributed by atoms with Crippen LogP contribution >= 0.6 is 0 Å². The summed E-state index contributed by atoms with van der Waals surface area (Å²) in [6.45, 7) is 1.69. The molecule has 2 unspecified atom stereocenters. The largest absolute Gasteiger partial charge is 0.368 e. The van der Waals surface area contributed by atoms with Crippen LogP contribution in [0, 0.1) is 0 Å². The Morgan fingerprint density at radius 2 is 2.44 bits per heavy atom. The highest BCUT2D eigenvalue weighted by Gasteiger charge is 2.42. The summed E-state index contributed by atoms with van der Waals surface area (Å²) >= 11 is 0. The van der Waals surface area contributed by atoms with Crippen molar-refractivity contribution in [3.8, 4) is 0 Å². The zero-order chi connectivity index (χ0) is 6.27. The number of hydrogen-bond donors (Lipinski definition) is 0. The fourth-order valence-corrected chi connectivity index (χ4v) is 1.30. The number of fused-ring (bicyclic) bond motifs is 1. The second-order valence-electron chi connectivity index (χ2n) is 2.60. The van der Waals surface area contributed by atoms with Crippen molar-refractivity contribution in [3.63, 3.8) is 0 Å². The molecule has 0 aliphatic carbocycles. The van der Waals surface area contributed by atoms with Crippen molar-refractivity contribution in [2.24, 2.45) is 0 Å². The highest BCUT2D eigenvalue weighted by Crippen LogP contribution is 2.29. The number of nitrogens with zero attached hydrogens (tertiary/aromatic N) is 1. The van der Waals surface area contributed by atoms with Crippen molar-refractivity contribution in [1.82, 2.24) is 4.90 Å². The van der Waals surface area contributed by atoms with Crippen LogP contribution in [0.3, 0.4) is 0 Å². The Bertz CT molecular complexity index is 137. The summed E-state index contributed by atoms with van der Waals surface area (Å²) in [6, 6.07) is 0. The van der Waals surface area contributed by atoms with E-state index in [1.807, 2.05) is 0 Å². The first kappa shape index (κ1) is 5.23. The summed E-state index contributed by atoms with van der Waals surface area (Å²) in [6.07, 6.45) is 2.80. The summed E-state index contributed by atoms with van der Waals surface area (Å²) < 4.78 is 5.21. The first-order chi connectivity index (χ1) is 4.40. The van der Waals surface area contributed by atoms with Crippen molar-refractivity contribution >= 4 is 6.41 Å². The van der Waals surface area contributed by atoms with Crippen LogP contribution < -0.4 is 0 Å². The molecule has 50 valence electrons. The predicted octanol–water partition coefficient (Wildman–Crippen LogP) is -0.384. The molecule has 3 heteroatoms. The smallest absolute Gasteiger partial charge is 0.209 e. The molecule has 0 spiro atoms. The second kappa shape index (κ2) is 1.70. The number of likely N-dealkylation sites (tertiary alicyclic amines) is 1. The van der Waals surface area contributed by atoms with E-state index < -0.39 is 0 Å². The lowest BCUT2D eigenvalue weighted by molar-refractivity contribution is -0.118. The standard InChI is InChI=1S/C6H9NO2/c8-4-7-2-1-5-6(3-7)9-5/h4-6H,1-3H2. The molecule has 3 nitrogen and oxygen atoms in total. The number of ether oxygens (including phenoxy) is 1. The number of carbonyl (C=O) groups excluding carboxylic acids is 1. The van der Waals surface area contributed by atoms with Gasteiger partial charge in [0, 0.05) is 13.1 Å². The molecule has 2 atom stereocenters. The highest BCUT2D eigenvalue weighted by atomic mass is 16.6. The van der Waals surface area contributed by atoms with Crippen molar-refractivity contribution in [2.45, 2.75) is 18.6 Å². The summed E-state index contributed by atoms with van der Waals surface area (Å²) in [5.74, 6) is 0. The normalized spacial score (nSPS) is 39.8. The lowest BCUT2D eigenvalue weighted by Gasteiger charge is -2.18. The van der Waals surface area contributed by atoms with E-state index in [0.717, 1.165) is 25.9 Å². The van der Waals surface area contributed by atoms with Gasteiger partial charge >= 0.3 is 0 Å². The SMILES string of the molecule is O=CN1CCC2OC2C1. The minimum atomic E-state index is 0.379. The van der Waals surface area contributed by atoms with Crippen molar-refractivity contribution in [1.29, 1.82) is 0 Å². The maximum absolute atomic E-state index is 10.2. The van der Waals surface area contributed by atoms with Gasteiger partial charge in [-0.15, -0.1) is 0 Å². The van der Waals surface area contributed by atoms with Gasteiger partial charge in [-0.3, -0.25) is 4.79 Å². The quantitative estimate of drug-likeness (QED) is 0.355. The minimum Gasteiger partial charge on any atom is -0.368 e. The maximum atomic E-state index is 10.2. The average molecular weight is 127 g/mol. The molecule has 2 heterocycles. The topological polar surface area (TPSA) is 32.8 Å². The third-order valence-electron chi connectivity index (χ3n) is 1.95. The number of rotatable bonds is 1. The molecule has 9 heavy (non-hydrogen) atoms. The molecule has 0 bridgehead atoms. The zero-order valence-corrected chi connectivity index (χ0v) is 5.12. The first-order valence-electron chi connectivity index (χ1n) is 3.25. The van der Waals surface area contributed by atoms with E-state index in [9.17, 15) is 4.79 Å². The molecule has 1 amide bonds. The van der Waals surface area contributed by atoms with Crippen LogP contribution in [-0.2, 0) is 9.53 Å². The Labute approximate surface area is 53.6 Å². The molecule has 2 rings (SSSR count). The number of amides is 1. The Morgan fingerprint density at radius 1 is 1.56 bits per heavy atom. The van der Waals surface area contributed by atoms with Crippen LogP contribution in [0.1, 0.15) is 6.42 Å². The Hall–Kier alpha value is -0.570. The first-order valence-corrected chi connectivity index (χ1v) is 3.25. The van der Waals surface area contributed by atoms with Crippen molar-refractivity contribution in [2.75, 3.05) is 13.1 Å². The molecular formula is C6H9NO2. The molecule has 0 aromatic rings. The van der Waals surface area contributed by atoms with Gasteiger partial charge in [-0.1, -0.05) is 0 Å². The maximum Gasteiger partial charge on any atom is 0.209 e. The zero-order valence-electron chi connectivity index (χ0n) is 5.12. The van der Waals surface area contributed by atoms with E-state index in [1.54, 1.807) is 4.90 Å². The number of carbonyl (C=O) groups is 1. The molecule has 2 saturated heterocycles. The van der Waals surface area contributed by atoms with Crippen molar-refractivity contribution in [3.05, 3.63) is 0 Å². The van der Waals surface area contributed by atoms with Crippen LogP contribution in [0.25, 0.3) is 0 Å². The Morgan fingerprint density at radius 3 is 3.11 bits per heavy atom. The Balaban J connectivity index is 1.93. The van der Waals surface area contributed by atoms with Crippen LogP contribution in [0.2, 0.25) is 0 Å². The summed E-state index contributed by atoms with van der Waals surface area (Å²) in [5, 5.41) is 0. The molecule has 2 aliphatic rings. The predicted molar refractivity (Wildman–Crippen MR) is 30.9 cm³/mol. The van der Waals surface area contributed by atoms with E-state index in [4.69, 9.17) is 4.74 Å². The highest BCUT2D eigenvalue weighted by molar-refractivity contribution is 5.47. The summed E-state index contributed by atoms with van der Waals surface area (Å²) in [7, 11) is 0. The van der Waals surface area contributed by atoms with Crippen LogP contribution in [0.15, 0.2) is 0 Å². The van der Waals surface area contributed by atoms with E-state index in [-0.39, 0.29) is 0 Å². The molecule has 0 saturated carbocycles. The number of hydrogen-bond acceptors (Lipinski definition) is 2. The fourth-order valence-electron chi connectivity index (χ4n) is 1.30. The van der Waals surface area contributed by atoms with Gasteiger partial charge in [0.15, 0.2) is 0 Å². The number of piperidine rings is 1. The minimum absolute atomic E-state index is 0.379. The van der Waals surface area contributed by atoms with Crippen LogP contribution in [0.5, 0.6) is 0 Å². The van der Waals surface area contributed by atoms with Gasteiger partial charge < -0.3 is 9.64 Å². The third kappa shape index (κ3) is 0.812. The summed E-state index contributed by atoms with van der Waals surface area (Å²) in [5.41, 5.74) is 0. The molecule has 2 fully saturated rings. The Kier molecular flexibility index (Phi) is 0.990. The van der Waals surface area contributed by atoms with Gasteiger partial charge in [0.2, 0.25) is 6.41 Å². The van der Waals surface area contributed by atoms with Crippen molar-refractivity contribution < 1.29 is 9.53 Å². The second-order valence-corrected chi connectivity index (χ2v) is 2.60. The van der Waals surface area contributed by atoms with Gasteiger partial charge in [0.25, 0.3) is 0 Å². The average Bonchev–Trinajstić information content (AvgIpc) is 2.64. The van der Waals surface area contributed by atoms with Gasteiger partial charge in [-0.25, -0.2) is 0 Å². The van der Waals surface area contributed by atoms with Gasteiger partial charge in [-0.05, 0) is 6.42 Å². The summed E-state index contributed by atoms with van der Waals surface area (Å²) in [4.78, 5) is 12.0. The van der Waals surface area contributed by atoms with Crippen LogP contribution in [0.4, 0.5) is 0 Å². The lowest BCUT2D eigenvalue weighted by Crippen LogP contribution is -2.33. The molecule has 2 aliphatic heterocycles.